The van der Waals surface area contributed by atoms with E-state index in [1.165, 1.54) is 0 Å². The van der Waals surface area contributed by atoms with Crippen molar-refractivity contribution >= 4 is 17.5 Å². The van der Waals surface area contributed by atoms with Crippen molar-refractivity contribution in [3.63, 3.8) is 0 Å². The Kier molecular flexibility index (Phi) is 3.69. The van der Waals surface area contributed by atoms with Crippen LogP contribution >= 0.6 is 11.6 Å². The van der Waals surface area contributed by atoms with Gasteiger partial charge in [-0.05, 0) is 31.4 Å². The zero-order chi connectivity index (χ0) is 14.9. The van der Waals surface area contributed by atoms with E-state index in [2.05, 4.69) is 10.5 Å². The highest BCUT2D eigenvalue weighted by atomic mass is 35.5. The first-order chi connectivity index (χ1) is 10.1. The number of nitrogens with one attached hydrogen (secondary N) is 1. The molecule has 1 fully saturated rings. The standard InChI is InChI=1S/C15H15ClN2O3/c16-11-4-1-3-10(7-11)13-8-12(18-21-13)14(19)17-9-15(20)5-2-6-15/h1,3-4,7-8,20H,2,5-6,9H2,(H,17,19). The van der Waals surface area contributed by atoms with Crippen molar-refractivity contribution in [2.75, 3.05) is 6.54 Å². The number of aliphatic hydroxyl groups is 1. The lowest BCUT2D eigenvalue weighted by Gasteiger charge is -2.36. The van der Waals surface area contributed by atoms with Crippen LogP contribution in [0.3, 0.4) is 0 Å². The van der Waals surface area contributed by atoms with Gasteiger partial charge >= 0.3 is 0 Å². The second kappa shape index (κ2) is 5.50. The monoisotopic (exact) mass is 306 g/mol. The molecule has 21 heavy (non-hydrogen) atoms. The fourth-order valence-electron chi connectivity index (χ4n) is 2.26. The summed E-state index contributed by atoms with van der Waals surface area (Å²) < 4.78 is 5.17. The fourth-order valence-corrected chi connectivity index (χ4v) is 2.45. The zero-order valence-electron chi connectivity index (χ0n) is 11.3. The molecule has 1 saturated carbocycles. The van der Waals surface area contributed by atoms with Crippen molar-refractivity contribution in [2.45, 2.75) is 24.9 Å². The van der Waals surface area contributed by atoms with Crippen molar-refractivity contribution in [3.8, 4) is 11.3 Å². The maximum atomic E-state index is 12.0. The molecule has 0 spiro atoms. The summed E-state index contributed by atoms with van der Waals surface area (Å²) in [5, 5.41) is 17.0. The molecule has 1 aliphatic rings. The number of nitrogens with zero attached hydrogens (tertiary/aromatic N) is 1. The highest BCUT2D eigenvalue weighted by Gasteiger charge is 2.34. The molecule has 2 aromatic rings. The molecule has 1 amide bonds. The van der Waals surface area contributed by atoms with Crippen molar-refractivity contribution in [1.29, 1.82) is 0 Å². The van der Waals surface area contributed by atoms with Crippen LogP contribution in [0.25, 0.3) is 11.3 Å². The maximum absolute atomic E-state index is 12.0. The first-order valence-electron chi connectivity index (χ1n) is 6.79. The molecule has 6 heteroatoms. The molecule has 5 nitrogen and oxygen atoms in total. The molecule has 0 bridgehead atoms. The number of rotatable bonds is 4. The molecule has 1 aliphatic carbocycles. The molecule has 0 aliphatic heterocycles. The number of hydrogen-bond acceptors (Lipinski definition) is 4. The highest BCUT2D eigenvalue weighted by Crippen LogP contribution is 2.30. The summed E-state index contributed by atoms with van der Waals surface area (Å²) in [6.45, 7) is 0.241. The van der Waals surface area contributed by atoms with Gasteiger partial charge in [-0.15, -0.1) is 0 Å². The molecule has 0 radical (unpaired) electrons. The first-order valence-corrected chi connectivity index (χ1v) is 7.17. The summed E-state index contributed by atoms with van der Waals surface area (Å²) in [6, 6.07) is 8.68. The van der Waals surface area contributed by atoms with Crippen molar-refractivity contribution in [2.24, 2.45) is 0 Å². The second-order valence-corrected chi connectivity index (χ2v) is 5.78. The van der Waals surface area contributed by atoms with E-state index in [4.69, 9.17) is 16.1 Å². The van der Waals surface area contributed by atoms with Gasteiger partial charge in [-0.3, -0.25) is 4.79 Å². The van der Waals surface area contributed by atoms with Gasteiger partial charge in [0.1, 0.15) is 0 Å². The molecule has 2 N–H and O–H groups in total. The van der Waals surface area contributed by atoms with Gasteiger partial charge in [0, 0.05) is 23.2 Å². The molecule has 0 atom stereocenters. The van der Waals surface area contributed by atoms with Crippen molar-refractivity contribution in [1.82, 2.24) is 10.5 Å². The molecule has 0 saturated heterocycles. The van der Waals surface area contributed by atoms with E-state index in [0.29, 0.717) is 10.8 Å². The number of amides is 1. The fraction of sp³-hybridized carbons (Fsp3) is 0.333. The third-order valence-electron chi connectivity index (χ3n) is 3.71. The van der Waals surface area contributed by atoms with Gasteiger partial charge in [-0.2, -0.15) is 0 Å². The third kappa shape index (κ3) is 3.09. The lowest BCUT2D eigenvalue weighted by Crippen LogP contribution is -2.47. The summed E-state index contributed by atoms with van der Waals surface area (Å²) in [5.74, 6) is 0.123. The Balaban J connectivity index is 1.68. The van der Waals surface area contributed by atoms with Crippen LogP contribution < -0.4 is 5.32 Å². The highest BCUT2D eigenvalue weighted by molar-refractivity contribution is 6.30. The summed E-state index contributed by atoms with van der Waals surface area (Å²) in [4.78, 5) is 12.0. The average molecular weight is 307 g/mol. The maximum Gasteiger partial charge on any atom is 0.273 e. The Morgan fingerprint density at radius 1 is 1.43 bits per heavy atom. The van der Waals surface area contributed by atoms with E-state index in [-0.39, 0.29) is 18.1 Å². The van der Waals surface area contributed by atoms with E-state index in [9.17, 15) is 9.90 Å². The molecule has 1 aromatic heterocycles. The number of carbonyl (C=O) groups is 1. The Morgan fingerprint density at radius 2 is 2.24 bits per heavy atom. The number of aromatic nitrogens is 1. The van der Waals surface area contributed by atoms with Gasteiger partial charge in [-0.1, -0.05) is 28.9 Å². The summed E-state index contributed by atoms with van der Waals surface area (Å²) >= 11 is 5.92. The quantitative estimate of drug-likeness (QED) is 0.910. The van der Waals surface area contributed by atoms with Gasteiger partial charge in [0.2, 0.25) is 0 Å². The number of benzene rings is 1. The van der Waals surface area contributed by atoms with Gasteiger partial charge in [0.15, 0.2) is 11.5 Å². The van der Waals surface area contributed by atoms with E-state index >= 15 is 0 Å². The molecular weight excluding hydrogens is 292 g/mol. The molecule has 3 rings (SSSR count). The first kappa shape index (κ1) is 14.1. The molecule has 110 valence electrons. The van der Waals surface area contributed by atoms with Crippen LogP contribution in [0, 0.1) is 0 Å². The minimum absolute atomic E-state index is 0.188. The summed E-state index contributed by atoms with van der Waals surface area (Å²) in [7, 11) is 0. The lowest BCUT2D eigenvalue weighted by molar-refractivity contribution is -0.0301. The van der Waals surface area contributed by atoms with Crippen LogP contribution in [0.2, 0.25) is 5.02 Å². The Labute approximate surface area is 126 Å². The van der Waals surface area contributed by atoms with Crippen LogP contribution in [0.4, 0.5) is 0 Å². The van der Waals surface area contributed by atoms with E-state index in [0.717, 1.165) is 24.8 Å². The third-order valence-corrected chi connectivity index (χ3v) is 3.95. The van der Waals surface area contributed by atoms with Gasteiger partial charge < -0.3 is 14.9 Å². The zero-order valence-corrected chi connectivity index (χ0v) is 12.1. The molecular formula is C15H15ClN2O3. The molecule has 1 heterocycles. The van der Waals surface area contributed by atoms with Crippen LogP contribution in [0.1, 0.15) is 29.8 Å². The second-order valence-electron chi connectivity index (χ2n) is 5.35. The van der Waals surface area contributed by atoms with E-state index in [1.54, 1.807) is 24.3 Å². The van der Waals surface area contributed by atoms with Crippen LogP contribution in [-0.4, -0.2) is 28.3 Å². The predicted octanol–water partition coefficient (Wildman–Crippen LogP) is 2.64. The minimum Gasteiger partial charge on any atom is -0.388 e. The summed E-state index contributed by atoms with van der Waals surface area (Å²) in [6.07, 6.45) is 2.44. The van der Waals surface area contributed by atoms with Gasteiger partial charge in [0.05, 0.1) is 5.60 Å². The van der Waals surface area contributed by atoms with Crippen LogP contribution in [-0.2, 0) is 0 Å². The number of hydrogen-bond donors (Lipinski definition) is 2. The molecule has 0 unspecified atom stereocenters. The van der Waals surface area contributed by atoms with Crippen LogP contribution in [0.5, 0.6) is 0 Å². The SMILES string of the molecule is O=C(NCC1(O)CCC1)c1cc(-c2cccc(Cl)c2)on1. The minimum atomic E-state index is -0.755. The van der Waals surface area contributed by atoms with Crippen molar-refractivity contribution in [3.05, 3.63) is 41.0 Å². The van der Waals surface area contributed by atoms with Crippen LogP contribution in [0.15, 0.2) is 34.9 Å². The number of halogens is 1. The van der Waals surface area contributed by atoms with E-state index in [1.807, 2.05) is 6.07 Å². The van der Waals surface area contributed by atoms with E-state index < -0.39 is 5.60 Å². The Bertz CT molecular complexity index is 664. The van der Waals surface area contributed by atoms with Crippen molar-refractivity contribution < 1.29 is 14.4 Å². The summed E-state index contributed by atoms with van der Waals surface area (Å²) in [5.41, 5.74) is 0.189. The van der Waals surface area contributed by atoms with Gasteiger partial charge in [0.25, 0.3) is 5.91 Å². The topological polar surface area (TPSA) is 75.4 Å². The average Bonchev–Trinajstić information content (AvgIpc) is 2.92. The Hall–Kier alpha value is -1.85. The Morgan fingerprint density at radius 3 is 2.90 bits per heavy atom. The number of carbonyl (C=O) groups excluding carboxylic acids is 1. The normalized spacial score (nSPS) is 16.3. The lowest BCUT2D eigenvalue weighted by atomic mass is 9.80. The molecule has 1 aromatic carbocycles. The smallest absolute Gasteiger partial charge is 0.273 e. The predicted molar refractivity (Wildman–Crippen MR) is 78.1 cm³/mol. The van der Waals surface area contributed by atoms with Gasteiger partial charge in [-0.25, -0.2) is 0 Å². The largest absolute Gasteiger partial charge is 0.388 e.